The minimum atomic E-state index is -0.559. The molecule has 0 fully saturated rings. The number of benzene rings is 1. The Labute approximate surface area is 89.7 Å². The summed E-state index contributed by atoms with van der Waals surface area (Å²) >= 11 is 2.11. The van der Waals surface area contributed by atoms with E-state index in [2.05, 4.69) is 22.6 Å². The lowest BCUT2D eigenvalue weighted by atomic mass is 10.1. The Bertz CT molecular complexity index is 407. The molecule has 0 saturated heterocycles. The summed E-state index contributed by atoms with van der Waals surface area (Å²) in [6.07, 6.45) is 0. The third-order valence-electron chi connectivity index (χ3n) is 1.68. The Morgan fingerprint density at radius 1 is 1.62 bits per heavy atom. The van der Waals surface area contributed by atoms with Gasteiger partial charge in [-0.2, -0.15) is 5.26 Å². The topological polar surface area (TPSA) is 66.9 Å². The second-order valence-electron chi connectivity index (χ2n) is 2.62. The average molecular weight is 286 g/mol. The molecule has 0 radical (unpaired) electrons. The van der Waals surface area contributed by atoms with Crippen molar-refractivity contribution in [2.24, 2.45) is 5.73 Å². The molecule has 0 bridgehead atoms. The van der Waals surface area contributed by atoms with Gasteiger partial charge in [0, 0.05) is 3.57 Å². The summed E-state index contributed by atoms with van der Waals surface area (Å²) in [4.78, 5) is 10.9. The zero-order chi connectivity index (χ0) is 10.0. The van der Waals surface area contributed by atoms with Gasteiger partial charge in [-0.3, -0.25) is 4.79 Å². The van der Waals surface area contributed by atoms with Gasteiger partial charge in [-0.15, -0.1) is 0 Å². The van der Waals surface area contributed by atoms with Crippen molar-refractivity contribution in [3.63, 3.8) is 0 Å². The van der Waals surface area contributed by atoms with E-state index < -0.39 is 5.91 Å². The van der Waals surface area contributed by atoms with Gasteiger partial charge in [0.15, 0.2) is 0 Å². The molecule has 1 rings (SSSR count). The predicted molar refractivity (Wildman–Crippen MR) is 57.1 cm³/mol. The molecule has 0 aliphatic rings. The van der Waals surface area contributed by atoms with Crippen molar-refractivity contribution in [2.45, 2.75) is 6.92 Å². The van der Waals surface area contributed by atoms with E-state index >= 15 is 0 Å². The molecule has 2 N–H and O–H groups in total. The molecule has 3 nitrogen and oxygen atoms in total. The third-order valence-corrected chi connectivity index (χ3v) is 2.85. The normalized spacial score (nSPS) is 9.31. The fraction of sp³-hybridized carbons (Fsp3) is 0.111. The number of nitrogens with two attached hydrogens (primary N) is 1. The maximum atomic E-state index is 10.9. The Kier molecular flexibility index (Phi) is 2.88. The number of halogens is 1. The number of aryl methyl sites for hydroxylation is 1. The summed E-state index contributed by atoms with van der Waals surface area (Å²) < 4.78 is 0.958. The molecular formula is C9H7IN2O. The molecule has 13 heavy (non-hydrogen) atoms. The highest BCUT2D eigenvalue weighted by molar-refractivity contribution is 14.1. The van der Waals surface area contributed by atoms with Gasteiger partial charge >= 0.3 is 0 Å². The van der Waals surface area contributed by atoms with Crippen LogP contribution in [0.25, 0.3) is 0 Å². The number of hydrogen-bond donors (Lipinski definition) is 1. The summed E-state index contributed by atoms with van der Waals surface area (Å²) in [6, 6.07) is 5.24. The van der Waals surface area contributed by atoms with Crippen LogP contribution in [0, 0.1) is 21.8 Å². The van der Waals surface area contributed by atoms with Gasteiger partial charge in [0.1, 0.15) is 0 Å². The van der Waals surface area contributed by atoms with Crippen molar-refractivity contribution < 1.29 is 4.79 Å². The van der Waals surface area contributed by atoms with E-state index in [1.165, 1.54) is 0 Å². The van der Waals surface area contributed by atoms with Gasteiger partial charge in [-0.05, 0) is 47.2 Å². The van der Waals surface area contributed by atoms with Crippen molar-refractivity contribution in [1.82, 2.24) is 0 Å². The standard InChI is InChI=1S/C9H7IN2O/c1-5-2-7(9(12)13)6(4-11)3-8(5)10/h2-3H,1H3,(H2,12,13). The quantitative estimate of drug-likeness (QED) is 0.796. The predicted octanol–water partition coefficient (Wildman–Crippen LogP) is 1.57. The smallest absolute Gasteiger partial charge is 0.250 e. The third kappa shape index (κ3) is 1.98. The molecule has 0 saturated carbocycles. The number of amides is 1. The van der Waals surface area contributed by atoms with Gasteiger partial charge < -0.3 is 5.73 Å². The molecule has 1 aromatic rings. The highest BCUT2D eigenvalue weighted by atomic mass is 127. The molecular weight excluding hydrogens is 279 g/mol. The van der Waals surface area contributed by atoms with Crippen molar-refractivity contribution in [2.75, 3.05) is 0 Å². The van der Waals surface area contributed by atoms with E-state index in [9.17, 15) is 4.79 Å². The number of hydrogen-bond acceptors (Lipinski definition) is 2. The number of primary amides is 1. The minimum Gasteiger partial charge on any atom is -0.366 e. The van der Waals surface area contributed by atoms with Gasteiger partial charge in [0.2, 0.25) is 5.91 Å². The van der Waals surface area contributed by atoms with Crippen LogP contribution in [0.4, 0.5) is 0 Å². The molecule has 0 spiro atoms. The summed E-state index contributed by atoms with van der Waals surface area (Å²) in [5.41, 5.74) is 6.70. The highest BCUT2D eigenvalue weighted by Crippen LogP contribution is 2.17. The van der Waals surface area contributed by atoms with E-state index in [0.29, 0.717) is 11.1 Å². The van der Waals surface area contributed by atoms with Gasteiger partial charge in [-0.25, -0.2) is 0 Å². The van der Waals surface area contributed by atoms with Gasteiger partial charge in [-0.1, -0.05) is 0 Å². The van der Waals surface area contributed by atoms with Crippen LogP contribution in [-0.4, -0.2) is 5.91 Å². The van der Waals surface area contributed by atoms with Crippen LogP contribution in [0.1, 0.15) is 21.5 Å². The lowest BCUT2D eigenvalue weighted by Gasteiger charge is -2.02. The first-order valence-electron chi connectivity index (χ1n) is 3.56. The van der Waals surface area contributed by atoms with Crippen molar-refractivity contribution in [3.8, 4) is 6.07 Å². The Balaban J connectivity index is 3.44. The Morgan fingerprint density at radius 2 is 2.23 bits per heavy atom. The van der Waals surface area contributed by atoms with Crippen LogP contribution in [-0.2, 0) is 0 Å². The summed E-state index contributed by atoms with van der Waals surface area (Å²) in [7, 11) is 0. The number of carbonyl (C=O) groups is 1. The Hall–Kier alpha value is -1.09. The van der Waals surface area contributed by atoms with Crippen molar-refractivity contribution >= 4 is 28.5 Å². The molecule has 1 amide bonds. The zero-order valence-electron chi connectivity index (χ0n) is 6.97. The second kappa shape index (κ2) is 3.75. The second-order valence-corrected chi connectivity index (χ2v) is 3.79. The summed E-state index contributed by atoms with van der Waals surface area (Å²) in [5, 5.41) is 8.72. The molecule has 66 valence electrons. The van der Waals surface area contributed by atoms with E-state index in [4.69, 9.17) is 11.0 Å². The molecule has 0 atom stereocenters. The molecule has 0 heterocycles. The largest absolute Gasteiger partial charge is 0.366 e. The number of rotatable bonds is 1. The van der Waals surface area contributed by atoms with E-state index in [-0.39, 0.29) is 0 Å². The molecule has 0 aliphatic carbocycles. The first-order chi connectivity index (χ1) is 6.06. The number of nitriles is 1. The van der Waals surface area contributed by atoms with E-state index in [1.54, 1.807) is 12.1 Å². The number of nitrogens with zero attached hydrogens (tertiary/aromatic N) is 1. The van der Waals surface area contributed by atoms with Gasteiger partial charge in [0.25, 0.3) is 0 Å². The van der Waals surface area contributed by atoms with Crippen LogP contribution >= 0.6 is 22.6 Å². The molecule has 0 aromatic heterocycles. The maximum Gasteiger partial charge on any atom is 0.250 e. The van der Waals surface area contributed by atoms with Crippen molar-refractivity contribution in [1.29, 1.82) is 5.26 Å². The fourth-order valence-corrected chi connectivity index (χ4v) is 1.44. The van der Waals surface area contributed by atoms with Crippen LogP contribution in [0.5, 0.6) is 0 Å². The zero-order valence-corrected chi connectivity index (χ0v) is 9.12. The maximum absolute atomic E-state index is 10.9. The average Bonchev–Trinajstić information content (AvgIpc) is 2.08. The first kappa shape index (κ1) is 9.99. The SMILES string of the molecule is Cc1cc(C(N)=O)c(C#N)cc1I. The monoisotopic (exact) mass is 286 g/mol. The first-order valence-corrected chi connectivity index (χ1v) is 4.64. The lowest BCUT2D eigenvalue weighted by Crippen LogP contribution is -2.13. The number of carbonyl (C=O) groups excluding carboxylic acids is 1. The lowest BCUT2D eigenvalue weighted by molar-refractivity contribution is 0.1000. The molecule has 0 unspecified atom stereocenters. The van der Waals surface area contributed by atoms with Crippen LogP contribution < -0.4 is 5.73 Å². The molecule has 1 aromatic carbocycles. The van der Waals surface area contributed by atoms with Crippen LogP contribution in [0.2, 0.25) is 0 Å². The van der Waals surface area contributed by atoms with Crippen LogP contribution in [0.15, 0.2) is 12.1 Å². The molecule has 4 heteroatoms. The molecule has 0 aliphatic heterocycles. The Morgan fingerprint density at radius 3 is 2.69 bits per heavy atom. The highest BCUT2D eigenvalue weighted by Gasteiger charge is 2.09. The van der Waals surface area contributed by atoms with Crippen LogP contribution in [0.3, 0.4) is 0 Å². The fourth-order valence-electron chi connectivity index (χ4n) is 0.978. The van der Waals surface area contributed by atoms with Gasteiger partial charge in [0.05, 0.1) is 17.2 Å². The van der Waals surface area contributed by atoms with Crippen molar-refractivity contribution in [3.05, 3.63) is 32.4 Å². The summed E-state index contributed by atoms with van der Waals surface area (Å²) in [6.45, 7) is 1.87. The van der Waals surface area contributed by atoms with E-state index in [0.717, 1.165) is 9.13 Å². The minimum absolute atomic E-state index is 0.292. The summed E-state index contributed by atoms with van der Waals surface area (Å²) in [5.74, 6) is -0.559. The van der Waals surface area contributed by atoms with E-state index in [1.807, 2.05) is 13.0 Å².